The number of benzene rings is 2. The smallest absolute Gasteiger partial charge is 0.0278 e. The molecule has 0 fully saturated rings. The van der Waals surface area contributed by atoms with Crippen LogP contribution >= 0.6 is 0 Å². The molecule has 1 aliphatic carbocycles. The Kier molecular flexibility index (Phi) is 2.36. The van der Waals surface area contributed by atoms with Gasteiger partial charge in [-0.15, -0.1) is 0 Å². The Morgan fingerprint density at radius 1 is 0.706 bits per heavy atom. The fraction of sp³-hybridized carbons (Fsp3) is 0.176. The minimum Gasteiger partial charge on any atom is -0.0679 e. The van der Waals surface area contributed by atoms with Gasteiger partial charge in [0.2, 0.25) is 0 Å². The predicted octanol–water partition coefficient (Wildman–Crippen LogP) is 4.48. The van der Waals surface area contributed by atoms with Crippen LogP contribution < -0.4 is 0 Å². The first-order valence-corrected chi connectivity index (χ1v) is 6.09. The van der Waals surface area contributed by atoms with E-state index in [1.807, 2.05) is 0 Å². The Morgan fingerprint density at radius 2 is 1.24 bits per heavy atom. The summed E-state index contributed by atoms with van der Waals surface area (Å²) in [6, 6.07) is 17.6. The Hall–Kier alpha value is -1.82. The second kappa shape index (κ2) is 3.89. The highest BCUT2D eigenvalue weighted by atomic mass is 14.3. The summed E-state index contributed by atoms with van der Waals surface area (Å²) in [5.74, 6) is 0.540. The van der Waals surface area contributed by atoms with Gasteiger partial charge in [0, 0.05) is 5.92 Å². The molecule has 1 atom stereocenters. The van der Waals surface area contributed by atoms with E-state index in [-0.39, 0.29) is 0 Å². The lowest BCUT2D eigenvalue weighted by atomic mass is 10.0. The van der Waals surface area contributed by atoms with Crippen LogP contribution in [0.2, 0.25) is 0 Å². The maximum atomic E-state index is 2.34. The molecule has 0 aliphatic heterocycles. The Labute approximate surface area is 103 Å². The van der Waals surface area contributed by atoms with Gasteiger partial charge in [0.25, 0.3) is 0 Å². The Bertz CT molecular complexity index is 556. The molecular formula is C17H16. The summed E-state index contributed by atoms with van der Waals surface area (Å²) < 4.78 is 0. The van der Waals surface area contributed by atoms with Gasteiger partial charge in [-0.25, -0.2) is 0 Å². The maximum Gasteiger partial charge on any atom is 0.0278 e. The number of rotatable bonds is 2. The van der Waals surface area contributed by atoms with Crippen LogP contribution in [0, 0.1) is 13.8 Å². The molecule has 0 radical (unpaired) electrons. The highest BCUT2D eigenvalue weighted by Gasteiger charge is 2.27. The first-order chi connectivity index (χ1) is 8.24. The summed E-state index contributed by atoms with van der Waals surface area (Å²) in [6.07, 6.45) is 2.34. The molecule has 3 rings (SSSR count). The molecule has 84 valence electrons. The van der Waals surface area contributed by atoms with Crippen molar-refractivity contribution in [3.63, 3.8) is 0 Å². The minimum absolute atomic E-state index is 0.540. The van der Waals surface area contributed by atoms with E-state index in [1.165, 1.54) is 27.8 Å². The van der Waals surface area contributed by atoms with Gasteiger partial charge in [0.05, 0.1) is 0 Å². The topological polar surface area (TPSA) is 0 Å². The number of hydrogen-bond donors (Lipinski definition) is 0. The number of aryl methyl sites for hydroxylation is 2. The fourth-order valence-corrected chi connectivity index (χ4v) is 2.20. The van der Waals surface area contributed by atoms with Gasteiger partial charge >= 0.3 is 0 Å². The normalized spacial score (nSPS) is 17.8. The molecule has 2 aromatic carbocycles. The first kappa shape index (κ1) is 10.3. The lowest BCUT2D eigenvalue weighted by Gasteiger charge is -2.03. The molecule has 0 nitrogen and oxygen atoms in total. The van der Waals surface area contributed by atoms with E-state index in [4.69, 9.17) is 0 Å². The van der Waals surface area contributed by atoms with E-state index < -0.39 is 0 Å². The van der Waals surface area contributed by atoms with Crippen LogP contribution in [0.5, 0.6) is 0 Å². The molecule has 0 saturated carbocycles. The molecule has 0 N–H and O–H groups in total. The van der Waals surface area contributed by atoms with E-state index in [2.05, 4.69) is 68.5 Å². The molecule has 0 heteroatoms. The van der Waals surface area contributed by atoms with Gasteiger partial charge in [-0.2, -0.15) is 0 Å². The van der Waals surface area contributed by atoms with Crippen molar-refractivity contribution in [3.8, 4) is 0 Å². The van der Waals surface area contributed by atoms with Crippen molar-refractivity contribution in [3.05, 3.63) is 76.9 Å². The summed E-state index contributed by atoms with van der Waals surface area (Å²) >= 11 is 0. The van der Waals surface area contributed by atoms with Gasteiger partial charge in [-0.1, -0.05) is 65.7 Å². The van der Waals surface area contributed by atoms with E-state index in [0.717, 1.165) is 0 Å². The summed E-state index contributed by atoms with van der Waals surface area (Å²) in [6.45, 7) is 4.26. The standard InChI is InChI=1S/C17H16/c1-12-3-7-14(8-4-12)16-11-17(16)15-9-5-13(2)6-10-15/h3-11,16H,1-2H3. The van der Waals surface area contributed by atoms with Crippen molar-refractivity contribution in [1.29, 1.82) is 0 Å². The van der Waals surface area contributed by atoms with Gasteiger partial charge in [-0.05, 0) is 30.5 Å². The SMILES string of the molecule is Cc1ccc(C2=CC2c2ccc(C)cc2)cc1. The zero-order chi connectivity index (χ0) is 11.8. The average Bonchev–Trinajstić information content (AvgIpc) is 3.11. The summed E-state index contributed by atoms with van der Waals surface area (Å²) in [5, 5.41) is 0. The van der Waals surface area contributed by atoms with E-state index in [0.29, 0.717) is 5.92 Å². The van der Waals surface area contributed by atoms with Crippen molar-refractivity contribution < 1.29 is 0 Å². The van der Waals surface area contributed by atoms with Crippen LogP contribution in [0.4, 0.5) is 0 Å². The lowest BCUT2D eigenvalue weighted by molar-refractivity contribution is 1.23. The second-order valence-corrected chi connectivity index (χ2v) is 4.88. The molecule has 0 aromatic heterocycles. The molecule has 1 unspecified atom stereocenters. The highest BCUT2D eigenvalue weighted by molar-refractivity contribution is 5.86. The lowest BCUT2D eigenvalue weighted by Crippen LogP contribution is -1.84. The molecule has 0 spiro atoms. The fourth-order valence-electron chi connectivity index (χ4n) is 2.20. The first-order valence-electron chi connectivity index (χ1n) is 6.09. The minimum atomic E-state index is 0.540. The zero-order valence-corrected chi connectivity index (χ0v) is 10.3. The summed E-state index contributed by atoms with van der Waals surface area (Å²) in [4.78, 5) is 0. The second-order valence-electron chi connectivity index (χ2n) is 4.88. The Balaban J connectivity index is 1.80. The molecule has 0 heterocycles. The maximum absolute atomic E-state index is 2.34. The molecular weight excluding hydrogens is 204 g/mol. The van der Waals surface area contributed by atoms with Crippen molar-refractivity contribution in [1.82, 2.24) is 0 Å². The molecule has 17 heavy (non-hydrogen) atoms. The third-order valence-electron chi connectivity index (χ3n) is 3.39. The summed E-state index contributed by atoms with van der Waals surface area (Å²) in [7, 11) is 0. The van der Waals surface area contributed by atoms with Crippen LogP contribution in [0.1, 0.15) is 28.2 Å². The van der Waals surface area contributed by atoms with E-state index >= 15 is 0 Å². The largest absolute Gasteiger partial charge is 0.0679 e. The summed E-state index contributed by atoms with van der Waals surface area (Å²) in [5.41, 5.74) is 6.88. The van der Waals surface area contributed by atoms with Gasteiger partial charge in [0.15, 0.2) is 0 Å². The molecule has 1 aliphatic rings. The monoisotopic (exact) mass is 220 g/mol. The third-order valence-corrected chi connectivity index (χ3v) is 3.39. The average molecular weight is 220 g/mol. The molecule has 0 amide bonds. The van der Waals surface area contributed by atoms with Crippen molar-refractivity contribution >= 4 is 5.57 Å². The van der Waals surface area contributed by atoms with Crippen LogP contribution in [-0.4, -0.2) is 0 Å². The number of allylic oxidation sites excluding steroid dienone is 2. The predicted molar refractivity (Wildman–Crippen MR) is 73.1 cm³/mol. The quantitative estimate of drug-likeness (QED) is 0.699. The number of hydrogen-bond acceptors (Lipinski definition) is 0. The van der Waals surface area contributed by atoms with Crippen LogP contribution in [0.25, 0.3) is 5.57 Å². The van der Waals surface area contributed by atoms with Crippen LogP contribution in [0.3, 0.4) is 0 Å². The van der Waals surface area contributed by atoms with Crippen molar-refractivity contribution in [2.24, 2.45) is 0 Å². The molecule has 0 bridgehead atoms. The van der Waals surface area contributed by atoms with Gasteiger partial charge in [0.1, 0.15) is 0 Å². The molecule has 0 saturated heterocycles. The van der Waals surface area contributed by atoms with E-state index in [9.17, 15) is 0 Å². The van der Waals surface area contributed by atoms with Crippen molar-refractivity contribution in [2.75, 3.05) is 0 Å². The highest BCUT2D eigenvalue weighted by Crippen LogP contribution is 2.46. The zero-order valence-electron chi connectivity index (χ0n) is 10.3. The van der Waals surface area contributed by atoms with Crippen LogP contribution in [0.15, 0.2) is 54.6 Å². The third kappa shape index (κ3) is 2.03. The molecule has 2 aromatic rings. The van der Waals surface area contributed by atoms with Crippen molar-refractivity contribution in [2.45, 2.75) is 19.8 Å². The Morgan fingerprint density at radius 3 is 1.82 bits per heavy atom. The van der Waals surface area contributed by atoms with Crippen LogP contribution in [-0.2, 0) is 0 Å². The van der Waals surface area contributed by atoms with E-state index in [1.54, 1.807) is 0 Å². The van der Waals surface area contributed by atoms with Gasteiger partial charge < -0.3 is 0 Å². The van der Waals surface area contributed by atoms with Gasteiger partial charge in [-0.3, -0.25) is 0 Å².